The van der Waals surface area contributed by atoms with Gasteiger partial charge in [0, 0.05) is 27.7 Å². The van der Waals surface area contributed by atoms with Gasteiger partial charge in [-0.05, 0) is 56.2 Å². The van der Waals surface area contributed by atoms with Crippen LogP contribution in [0.4, 0.5) is 0 Å². The van der Waals surface area contributed by atoms with Gasteiger partial charge in [0.25, 0.3) is 5.91 Å². The smallest absolute Gasteiger partial charge is 0.261 e. The second-order valence-electron chi connectivity index (χ2n) is 7.09. The number of rotatable bonds is 9. The molecule has 0 radical (unpaired) electrons. The van der Waals surface area contributed by atoms with Gasteiger partial charge < -0.3 is 15.0 Å². The number of hydrogen-bond donors (Lipinski definition) is 1. The van der Waals surface area contributed by atoms with Crippen molar-refractivity contribution in [3.05, 3.63) is 63.1 Å². The fraction of sp³-hybridized carbons (Fsp3) is 0.364. The van der Waals surface area contributed by atoms with Crippen molar-refractivity contribution in [2.75, 3.05) is 6.61 Å². The Morgan fingerprint density at radius 1 is 1.07 bits per heavy atom. The second-order valence-corrected chi connectivity index (χ2v) is 8.37. The summed E-state index contributed by atoms with van der Waals surface area (Å²) in [6.07, 6.45) is 0.437. The molecule has 2 amide bonds. The van der Waals surface area contributed by atoms with E-state index in [1.54, 1.807) is 42.5 Å². The SMILES string of the molecule is CCC(C(=O)NC(C)C)N(Cc1ccc(Cl)cc1Cl)C(=O)COc1cccc(Cl)c1. The van der Waals surface area contributed by atoms with Crippen molar-refractivity contribution in [1.82, 2.24) is 10.2 Å². The van der Waals surface area contributed by atoms with E-state index in [1.807, 2.05) is 20.8 Å². The highest BCUT2D eigenvalue weighted by Gasteiger charge is 2.29. The lowest BCUT2D eigenvalue weighted by Gasteiger charge is -2.31. The largest absolute Gasteiger partial charge is 0.484 e. The number of carbonyl (C=O) groups excluding carboxylic acids is 2. The van der Waals surface area contributed by atoms with Crippen LogP contribution in [-0.4, -0.2) is 35.4 Å². The van der Waals surface area contributed by atoms with Gasteiger partial charge in [-0.1, -0.05) is 53.9 Å². The van der Waals surface area contributed by atoms with E-state index in [0.29, 0.717) is 32.8 Å². The standard InChI is InChI=1S/C22H25Cl3N2O3/c1-4-20(22(29)26-14(2)3)27(12-15-8-9-17(24)11-19(15)25)21(28)13-30-18-7-5-6-16(23)10-18/h5-11,14,20H,4,12-13H2,1-3H3,(H,26,29). The zero-order chi connectivity index (χ0) is 22.3. The molecule has 0 aliphatic rings. The second kappa shape index (κ2) is 11.4. The molecule has 0 saturated carbocycles. The summed E-state index contributed by atoms with van der Waals surface area (Å²) in [5, 5.41) is 4.30. The van der Waals surface area contributed by atoms with E-state index in [2.05, 4.69) is 5.32 Å². The van der Waals surface area contributed by atoms with Crippen molar-refractivity contribution in [3.8, 4) is 5.75 Å². The van der Waals surface area contributed by atoms with Crippen molar-refractivity contribution in [2.45, 2.75) is 45.8 Å². The fourth-order valence-corrected chi connectivity index (χ4v) is 3.57. The average molecular weight is 472 g/mol. The van der Waals surface area contributed by atoms with Crippen LogP contribution >= 0.6 is 34.8 Å². The molecule has 0 heterocycles. The van der Waals surface area contributed by atoms with E-state index in [1.165, 1.54) is 4.90 Å². The van der Waals surface area contributed by atoms with Gasteiger partial charge in [0.2, 0.25) is 5.91 Å². The Kier molecular flexibility index (Phi) is 9.28. The number of benzene rings is 2. The molecule has 2 aromatic carbocycles. The van der Waals surface area contributed by atoms with Gasteiger partial charge in [-0.3, -0.25) is 9.59 Å². The Bertz CT molecular complexity index is 890. The monoisotopic (exact) mass is 470 g/mol. The normalized spacial score (nSPS) is 11.8. The van der Waals surface area contributed by atoms with E-state index in [9.17, 15) is 9.59 Å². The minimum absolute atomic E-state index is 0.0506. The topological polar surface area (TPSA) is 58.6 Å². The number of halogens is 3. The molecule has 0 saturated heterocycles. The molecule has 0 spiro atoms. The van der Waals surface area contributed by atoms with Crippen molar-refractivity contribution in [3.63, 3.8) is 0 Å². The van der Waals surface area contributed by atoms with E-state index in [0.717, 1.165) is 0 Å². The summed E-state index contributed by atoms with van der Waals surface area (Å²) in [6, 6.07) is 11.1. The van der Waals surface area contributed by atoms with Gasteiger partial charge in [-0.2, -0.15) is 0 Å². The lowest BCUT2D eigenvalue weighted by atomic mass is 10.1. The summed E-state index contributed by atoms with van der Waals surface area (Å²) in [5.41, 5.74) is 0.688. The van der Waals surface area contributed by atoms with E-state index in [-0.39, 0.29) is 31.0 Å². The summed E-state index contributed by atoms with van der Waals surface area (Å²) in [7, 11) is 0. The first-order valence-electron chi connectivity index (χ1n) is 9.63. The van der Waals surface area contributed by atoms with Gasteiger partial charge >= 0.3 is 0 Å². The molecule has 30 heavy (non-hydrogen) atoms. The average Bonchev–Trinajstić information content (AvgIpc) is 2.67. The third-order valence-corrected chi connectivity index (χ3v) is 5.15. The molecule has 0 bridgehead atoms. The maximum atomic E-state index is 13.1. The highest BCUT2D eigenvalue weighted by Crippen LogP contribution is 2.24. The molecular formula is C22H25Cl3N2O3. The summed E-state index contributed by atoms with van der Waals surface area (Å²) >= 11 is 18.3. The van der Waals surface area contributed by atoms with Crippen LogP contribution in [0, 0.1) is 0 Å². The van der Waals surface area contributed by atoms with E-state index >= 15 is 0 Å². The number of nitrogens with one attached hydrogen (secondary N) is 1. The minimum atomic E-state index is -0.672. The Hall–Kier alpha value is -1.95. The summed E-state index contributed by atoms with van der Waals surface area (Å²) in [5.74, 6) is -0.0968. The van der Waals surface area contributed by atoms with Crippen LogP contribution in [0.5, 0.6) is 5.75 Å². The molecule has 0 aromatic heterocycles. The zero-order valence-corrected chi connectivity index (χ0v) is 19.4. The quantitative estimate of drug-likeness (QED) is 0.536. The molecule has 1 unspecified atom stereocenters. The van der Waals surface area contributed by atoms with Crippen LogP contribution in [0.25, 0.3) is 0 Å². The number of carbonyl (C=O) groups is 2. The van der Waals surface area contributed by atoms with Crippen LogP contribution in [0.3, 0.4) is 0 Å². The fourth-order valence-electron chi connectivity index (χ4n) is 2.92. The Morgan fingerprint density at radius 2 is 1.77 bits per heavy atom. The Morgan fingerprint density at radius 3 is 2.37 bits per heavy atom. The van der Waals surface area contributed by atoms with Crippen molar-refractivity contribution in [1.29, 1.82) is 0 Å². The lowest BCUT2D eigenvalue weighted by Crippen LogP contribution is -2.51. The number of ether oxygens (including phenoxy) is 1. The van der Waals surface area contributed by atoms with E-state index < -0.39 is 6.04 Å². The van der Waals surface area contributed by atoms with E-state index in [4.69, 9.17) is 39.5 Å². The molecule has 162 valence electrons. The van der Waals surface area contributed by atoms with Crippen molar-refractivity contribution in [2.24, 2.45) is 0 Å². The number of nitrogens with zero attached hydrogens (tertiary/aromatic N) is 1. The van der Waals surface area contributed by atoms with Crippen molar-refractivity contribution < 1.29 is 14.3 Å². The zero-order valence-electron chi connectivity index (χ0n) is 17.1. The first-order valence-corrected chi connectivity index (χ1v) is 10.8. The Balaban J connectivity index is 2.25. The van der Waals surface area contributed by atoms with Crippen molar-refractivity contribution >= 4 is 46.6 Å². The predicted octanol–water partition coefficient (Wildman–Crippen LogP) is 5.36. The molecular weight excluding hydrogens is 447 g/mol. The highest BCUT2D eigenvalue weighted by molar-refractivity contribution is 6.35. The van der Waals surface area contributed by atoms with Gasteiger partial charge in [-0.25, -0.2) is 0 Å². The molecule has 1 atom stereocenters. The summed E-state index contributed by atoms with van der Waals surface area (Å²) in [6.45, 7) is 5.51. The first kappa shape index (κ1) is 24.3. The van der Waals surface area contributed by atoms with Gasteiger partial charge in [0.05, 0.1) is 0 Å². The molecule has 0 fully saturated rings. The lowest BCUT2D eigenvalue weighted by molar-refractivity contribution is -0.143. The first-order chi connectivity index (χ1) is 14.2. The van der Waals surface area contributed by atoms with Crippen LogP contribution in [0.1, 0.15) is 32.8 Å². The number of hydrogen-bond acceptors (Lipinski definition) is 3. The summed E-state index contributed by atoms with van der Waals surface area (Å²) < 4.78 is 5.61. The predicted molar refractivity (Wildman–Crippen MR) is 121 cm³/mol. The third kappa shape index (κ3) is 7.08. The minimum Gasteiger partial charge on any atom is -0.484 e. The molecule has 0 aliphatic carbocycles. The van der Waals surface area contributed by atoms with Crippen LogP contribution in [-0.2, 0) is 16.1 Å². The molecule has 0 aliphatic heterocycles. The highest BCUT2D eigenvalue weighted by atomic mass is 35.5. The molecule has 8 heteroatoms. The Labute approximate surface area is 192 Å². The molecule has 5 nitrogen and oxygen atoms in total. The molecule has 2 rings (SSSR count). The summed E-state index contributed by atoms with van der Waals surface area (Å²) in [4.78, 5) is 27.3. The third-order valence-electron chi connectivity index (χ3n) is 4.33. The van der Waals surface area contributed by atoms with Crippen LogP contribution in [0.2, 0.25) is 15.1 Å². The number of amides is 2. The molecule has 2 aromatic rings. The van der Waals surface area contributed by atoms with Crippen LogP contribution in [0.15, 0.2) is 42.5 Å². The van der Waals surface area contributed by atoms with Gasteiger partial charge in [0.1, 0.15) is 11.8 Å². The van der Waals surface area contributed by atoms with Gasteiger partial charge in [0.15, 0.2) is 6.61 Å². The van der Waals surface area contributed by atoms with Gasteiger partial charge in [-0.15, -0.1) is 0 Å². The molecule has 1 N–H and O–H groups in total. The maximum Gasteiger partial charge on any atom is 0.261 e. The van der Waals surface area contributed by atoms with Crippen LogP contribution < -0.4 is 10.1 Å². The maximum absolute atomic E-state index is 13.1.